The number of piperidine rings is 1. The number of rotatable bonds is 6. The molecule has 0 saturated carbocycles. The second-order valence-corrected chi connectivity index (χ2v) is 5.96. The molecule has 0 unspecified atom stereocenters. The summed E-state index contributed by atoms with van der Waals surface area (Å²) in [4.78, 5) is 11.6. The van der Waals surface area contributed by atoms with Crippen molar-refractivity contribution < 1.29 is 18.7 Å². The Kier molecular flexibility index (Phi) is 5.50. The van der Waals surface area contributed by atoms with E-state index in [1.807, 2.05) is 30.3 Å². The second-order valence-electron chi connectivity index (χ2n) is 5.96. The van der Waals surface area contributed by atoms with Crippen molar-refractivity contribution in [3.05, 3.63) is 59.7 Å². The van der Waals surface area contributed by atoms with E-state index < -0.39 is 18.2 Å². The second kappa shape index (κ2) is 7.98. The average molecular weight is 344 g/mol. The fourth-order valence-electron chi connectivity index (χ4n) is 2.73. The molecule has 0 aromatic heterocycles. The summed E-state index contributed by atoms with van der Waals surface area (Å²) in [6.07, 6.45) is -1.22. The number of hydrogen-bond acceptors (Lipinski definition) is 4. The maximum absolute atomic E-state index is 14.0. The van der Waals surface area contributed by atoms with Crippen LogP contribution in [0.15, 0.2) is 48.5 Å². The average Bonchev–Trinajstić information content (AvgIpc) is 2.63. The molecular weight excluding hydrogens is 323 g/mol. The third kappa shape index (κ3) is 4.48. The van der Waals surface area contributed by atoms with E-state index in [0.717, 1.165) is 5.56 Å². The Hall–Kier alpha value is -2.60. The van der Waals surface area contributed by atoms with E-state index in [0.29, 0.717) is 25.3 Å². The molecule has 3 N–H and O–H groups in total. The monoisotopic (exact) mass is 344 g/mol. The van der Waals surface area contributed by atoms with Crippen LogP contribution in [0, 0.1) is 0 Å². The number of nitrogens with two attached hydrogens (primary N) is 1. The van der Waals surface area contributed by atoms with E-state index in [-0.39, 0.29) is 17.9 Å². The lowest BCUT2D eigenvalue weighted by molar-refractivity contribution is 0.0711. The molecule has 0 radical (unpaired) electrons. The lowest BCUT2D eigenvalue weighted by Gasteiger charge is -2.28. The van der Waals surface area contributed by atoms with Crippen molar-refractivity contribution in [2.45, 2.75) is 25.3 Å². The van der Waals surface area contributed by atoms with Crippen molar-refractivity contribution in [2.75, 3.05) is 13.1 Å². The molecule has 1 heterocycles. The van der Waals surface area contributed by atoms with Crippen molar-refractivity contribution in [1.82, 2.24) is 5.32 Å². The fourth-order valence-corrected chi connectivity index (χ4v) is 2.73. The molecule has 2 aromatic rings. The Morgan fingerprint density at radius 2 is 2.04 bits per heavy atom. The summed E-state index contributed by atoms with van der Waals surface area (Å²) in [5, 5.41) is 2.97. The van der Waals surface area contributed by atoms with Crippen LogP contribution in [0.4, 0.5) is 4.39 Å². The van der Waals surface area contributed by atoms with Crippen LogP contribution in [-0.2, 0) is 6.61 Å². The van der Waals surface area contributed by atoms with Crippen LogP contribution < -0.4 is 20.5 Å². The van der Waals surface area contributed by atoms with Gasteiger partial charge in [-0.3, -0.25) is 4.79 Å². The van der Waals surface area contributed by atoms with Crippen molar-refractivity contribution in [2.24, 2.45) is 5.73 Å². The van der Waals surface area contributed by atoms with Crippen molar-refractivity contribution in [1.29, 1.82) is 0 Å². The zero-order chi connectivity index (χ0) is 17.6. The molecule has 0 bridgehead atoms. The third-order valence-electron chi connectivity index (χ3n) is 4.09. The highest BCUT2D eigenvalue weighted by atomic mass is 19.1. The van der Waals surface area contributed by atoms with E-state index in [9.17, 15) is 9.18 Å². The first-order valence-corrected chi connectivity index (χ1v) is 8.25. The summed E-state index contributed by atoms with van der Waals surface area (Å²) >= 11 is 0. The van der Waals surface area contributed by atoms with Crippen LogP contribution in [0.5, 0.6) is 11.5 Å². The minimum Gasteiger partial charge on any atom is -0.489 e. The van der Waals surface area contributed by atoms with E-state index in [1.54, 1.807) is 18.2 Å². The highest BCUT2D eigenvalue weighted by molar-refractivity contribution is 5.95. The number of carbonyl (C=O) groups excluding carboxylic acids is 1. The molecule has 1 aliphatic rings. The zero-order valence-electron chi connectivity index (χ0n) is 13.8. The quantitative estimate of drug-likeness (QED) is 0.844. The van der Waals surface area contributed by atoms with Gasteiger partial charge >= 0.3 is 0 Å². The Morgan fingerprint density at radius 3 is 2.76 bits per heavy atom. The number of ether oxygens (including phenoxy) is 2. The number of benzene rings is 2. The van der Waals surface area contributed by atoms with Gasteiger partial charge in [0.25, 0.3) is 5.91 Å². The minimum absolute atomic E-state index is 0.220. The Labute approximate surface area is 145 Å². The number of nitrogens with one attached hydrogen (secondary N) is 1. The molecule has 0 aliphatic carbocycles. The largest absolute Gasteiger partial charge is 0.489 e. The van der Waals surface area contributed by atoms with Crippen molar-refractivity contribution in [3.8, 4) is 11.5 Å². The number of amides is 1. The SMILES string of the molecule is NC(=O)c1ccc(OCc2ccccc2)cc1O[C@H]1CCNC[C@@H]1F. The Balaban J connectivity index is 1.75. The summed E-state index contributed by atoms with van der Waals surface area (Å²) < 4.78 is 25.5. The van der Waals surface area contributed by atoms with Gasteiger partial charge in [0.05, 0.1) is 5.56 Å². The molecule has 5 nitrogen and oxygen atoms in total. The van der Waals surface area contributed by atoms with Gasteiger partial charge < -0.3 is 20.5 Å². The molecule has 1 saturated heterocycles. The van der Waals surface area contributed by atoms with Gasteiger partial charge in [0.1, 0.15) is 30.4 Å². The fraction of sp³-hybridized carbons (Fsp3) is 0.316. The van der Waals surface area contributed by atoms with Gasteiger partial charge in [0.2, 0.25) is 0 Å². The predicted molar refractivity (Wildman–Crippen MR) is 92.5 cm³/mol. The summed E-state index contributed by atoms with van der Waals surface area (Å²) in [5.41, 5.74) is 6.64. The first-order chi connectivity index (χ1) is 12.1. The molecule has 25 heavy (non-hydrogen) atoms. The van der Waals surface area contributed by atoms with Gasteiger partial charge in [-0.1, -0.05) is 30.3 Å². The molecule has 0 spiro atoms. The van der Waals surface area contributed by atoms with Crippen LogP contribution in [-0.4, -0.2) is 31.3 Å². The summed E-state index contributed by atoms with van der Waals surface area (Å²) in [6.45, 7) is 1.29. The lowest BCUT2D eigenvalue weighted by atomic mass is 10.1. The Bertz CT molecular complexity index is 724. The number of primary amides is 1. The molecule has 3 rings (SSSR count). The molecule has 1 aliphatic heterocycles. The molecule has 132 valence electrons. The molecule has 1 fully saturated rings. The summed E-state index contributed by atoms with van der Waals surface area (Å²) in [7, 11) is 0. The smallest absolute Gasteiger partial charge is 0.252 e. The zero-order valence-corrected chi connectivity index (χ0v) is 13.8. The molecular formula is C19H21FN2O3. The van der Waals surface area contributed by atoms with Gasteiger partial charge in [-0.05, 0) is 30.7 Å². The van der Waals surface area contributed by atoms with Crippen LogP contribution in [0.25, 0.3) is 0 Å². The van der Waals surface area contributed by atoms with Gasteiger partial charge in [0.15, 0.2) is 0 Å². The molecule has 2 atom stereocenters. The number of carbonyl (C=O) groups is 1. The van der Waals surface area contributed by atoms with Crippen LogP contribution in [0.3, 0.4) is 0 Å². The normalized spacial score (nSPS) is 20.0. The van der Waals surface area contributed by atoms with Gasteiger partial charge in [0, 0.05) is 12.6 Å². The minimum atomic E-state index is -1.14. The topological polar surface area (TPSA) is 73.6 Å². The summed E-state index contributed by atoms with van der Waals surface area (Å²) in [6, 6.07) is 14.5. The number of halogens is 1. The Morgan fingerprint density at radius 1 is 1.24 bits per heavy atom. The van der Waals surface area contributed by atoms with Crippen molar-refractivity contribution >= 4 is 5.91 Å². The van der Waals surface area contributed by atoms with Gasteiger partial charge in [-0.25, -0.2) is 4.39 Å². The maximum Gasteiger partial charge on any atom is 0.252 e. The van der Waals surface area contributed by atoms with Crippen molar-refractivity contribution in [3.63, 3.8) is 0 Å². The highest BCUT2D eigenvalue weighted by Crippen LogP contribution is 2.28. The number of hydrogen-bond donors (Lipinski definition) is 2. The molecule has 2 aromatic carbocycles. The maximum atomic E-state index is 14.0. The van der Waals surface area contributed by atoms with E-state index in [4.69, 9.17) is 15.2 Å². The first kappa shape index (κ1) is 17.2. The summed E-state index contributed by atoms with van der Waals surface area (Å²) in [5.74, 6) is 0.176. The lowest BCUT2D eigenvalue weighted by Crippen LogP contribution is -2.44. The standard InChI is InChI=1S/C19H21FN2O3/c20-16-11-22-9-8-17(16)25-18-10-14(6-7-15(18)19(21)23)24-12-13-4-2-1-3-5-13/h1-7,10,16-17,22H,8-9,11-12H2,(H2,21,23)/t16-,17-/m0/s1. The van der Waals surface area contributed by atoms with Crippen LogP contribution in [0.2, 0.25) is 0 Å². The van der Waals surface area contributed by atoms with E-state index in [2.05, 4.69) is 5.32 Å². The van der Waals surface area contributed by atoms with E-state index in [1.165, 1.54) is 0 Å². The van der Waals surface area contributed by atoms with Gasteiger partial charge in [-0.2, -0.15) is 0 Å². The first-order valence-electron chi connectivity index (χ1n) is 8.25. The number of alkyl halides is 1. The highest BCUT2D eigenvalue weighted by Gasteiger charge is 2.27. The molecule has 6 heteroatoms. The van der Waals surface area contributed by atoms with E-state index >= 15 is 0 Å². The van der Waals surface area contributed by atoms with Gasteiger partial charge in [-0.15, -0.1) is 0 Å². The van der Waals surface area contributed by atoms with Crippen LogP contribution >= 0.6 is 0 Å². The predicted octanol–water partition coefficient (Wildman–Crippen LogP) is 2.44. The van der Waals surface area contributed by atoms with Crippen LogP contribution in [0.1, 0.15) is 22.3 Å². The molecule has 1 amide bonds. The third-order valence-corrected chi connectivity index (χ3v) is 4.09.